The minimum atomic E-state index is -1.44. The summed E-state index contributed by atoms with van der Waals surface area (Å²) in [5, 5.41) is 27.2. The van der Waals surface area contributed by atoms with E-state index in [-0.39, 0.29) is 30.7 Å². The monoisotopic (exact) mass is 525 g/mol. The van der Waals surface area contributed by atoms with Gasteiger partial charge in [0.05, 0.1) is 11.5 Å². The smallest absolute Gasteiger partial charge is 0.404 e. The SMILES string of the molecule is CCc1cccc(-c2c(F)cccc2[C@](O)(CCCNC(=O)O)[C@@H]2CCCN(C(=O)[C@@H]3CCCNC3)C2)c1. The summed E-state index contributed by atoms with van der Waals surface area (Å²) in [5.74, 6) is -0.657. The number of aryl methyl sites for hydroxylation is 1. The minimum absolute atomic E-state index is 0.0585. The molecule has 38 heavy (non-hydrogen) atoms. The minimum Gasteiger partial charge on any atom is -0.465 e. The molecule has 0 aliphatic carbocycles. The molecule has 0 unspecified atom stereocenters. The molecule has 0 saturated carbocycles. The van der Waals surface area contributed by atoms with Gasteiger partial charge in [0, 0.05) is 37.7 Å². The van der Waals surface area contributed by atoms with Crippen molar-refractivity contribution in [2.45, 2.75) is 57.5 Å². The first kappa shape index (κ1) is 28.0. The molecule has 8 heteroatoms. The van der Waals surface area contributed by atoms with E-state index >= 15 is 4.39 Å². The maximum atomic E-state index is 15.5. The fourth-order valence-electron chi connectivity index (χ4n) is 6.12. The fraction of sp³-hybridized carbons (Fsp3) is 0.533. The molecule has 0 aromatic heterocycles. The van der Waals surface area contributed by atoms with E-state index in [2.05, 4.69) is 10.6 Å². The Hall–Kier alpha value is -2.97. The van der Waals surface area contributed by atoms with Crippen LogP contribution in [0.2, 0.25) is 0 Å². The van der Waals surface area contributed by atoms with Crippen LogP contribution in [0, 0.1) is 17.7 Å². The van der Waals surface area contributed by atoms with E-state index in [4.69, 9.17) is 5.11 Å². The molecule has 0 radical (unpaired) electrons. The number of carboxylic acid groups (broad SMARTS) is 1. The predicted octanol–water partition coefficient (Wildman–Crippen LogP) is 4.53. The lowest BCUT2D eigenvalue weighted by Gasteiger charge is -2.44. The largest absolute Gasteiger partial charge is 0.465 e. The van der Waals surface area contributed by atoms with Gasteiger partial charge in [-0.15, -0.1) is 0 Å². The highest BCUT2D eigenvalue weighted by atomic mass is 19.1. The Morgan fingerprint density at radius 2 is 2.00 bits per heavy atom. The molecule has 2 amide bonds. The van der Waals surface area contributed by atoms with Crippen molar-refractivity contribution in [1.82, 2.24) is 15.5 Å². The van der Waals surface area contributed by atoms with E-state index < -0.39 is 17.5 Å². The van der Waals surface area contributed by atoms with Gasteiger partial charge in [-0.3, -0.25) is 4.79 Å². The second kappa shape index (κ2) is 12.7. The number of hydrogen-bond acceptors (Lipinski definition) is 4. The van der Waals surface area contributed by atoms with Crippen LogP contribution in [-0.2, 0) is 16.8 Å². The Bertz CT molecular complexity index is 1120. The molecule has 2 saturated heterocycles. The molecule has 3 atom stereocenters. The quantitative estimate of drug-likeness (QED) is 0.361. The van der Waals surface area contributed by atoms with Crippen LogP contribution in [0.5, 0.6) is 0 Å². The average molecular weight is 526 g/mol. The summed E-state index contributed by atoms with van der Waals surface area (Å²) in [6.45, 7) is 4.87. The first-order valence-corrected chi connectivity index (χ1v) is 13.9. The third-order valence-electron chi connectivity index (χ3n) is 8.17. The number of halogens is 1. The fourth-order valence-corrected chi connectivity index (χ4v) is 6.12. The predicted molar refractivity (Wildman–Crippen MR) is 145 cm³/mol. The summed E-state index contributed by atoms with van der Waals surface area (Å²) in [5.41, 5.74) is 1.21. The summed E-state index contributed by atoms with van der Waals surface area (Å²) >= 11 is 0. The zero-order valence-corrected chi connectivity index (χ0v) is 22.2. The number of rotatable bonds is 9. The Morgan fingerprint density at radius 3 is 2.74 bits per heavy atom. The number of carbonyl (C=O) groups excluding carboxylic acids is 1. The Labute approximate surface area is 224 Å². The van der Waals surface area contributed by atoms with E-state index in [0.29, 0.717) is 49.2 Å². The third kappa shape index (κ3) is 6.35. The van der Waals surface area contributed by atoms with Gasteiger partial charge < -0.3 is 25.7 Å². The molecule has 4 N–H and O–H groups in total. The van der Waals surface area contributed by atoms with Gasteiger partial charge in [0.25, 0.3) is 0 Å². The lowest BCUT2D eigenvalue weighted by atomic mass is 9.72. The van der Waals surface area contributed by atoms with Crippen LogP contribution in [0.4, 0.5) is 9.18 Å². The van der Waals surface area contributed by atoms with Gasteiger partial charge in [-0.1, -0.05) is 43.3 Å². The van der Waals surface area contributed by atoms with Crippen LogP contribution in [0.3, 0.4) is 0 Å². The van der Waals surface area contributed by atoms with Gasteiger partial charge in [-0.25, -0.2) is 9.18 Å². The maximum absolute atomic E-state index is 15.5. The van der Waals surface area contributed by atoms with Crippen molar-refractivity contribution in [2.75, 3.05) is 32.7 Å². The normalized spacial score (nSPS) is 21.5. The van der Waals surface area contributed by atoms with Gasteiger partial charge in [0.15, 0.2) is 0 Å². The van der Waals surface area contributed by atoms with Crippen molar-refractivity contribution < 1.29 is 24.2 Å². The lowest BCUT2D eigenvalue weighted by Crippen LogP contribution is -2.51. The van der Waals surface area contributed by atoms with Crippen LogP contribution in [0.1, 0.15) is 56.6 Å². The van der Waals surface area contributed by atoms with Crippen LogP contribution in [0.15, 0.2) is 42.5 Å². The molecule has 2 aliphatic heterocycles. The number of amides is 2. The second-order valence-electron chi connectivity index (χ2n) is 10.6. The molecule has 206 valence electrons. The number of hydrogen-bond donors (Lipinski definition) is 4. The standard InChI is InChI=1S/C30H40FN3O4/c1-2-21-8-3-9-22(18-21)27-25(12-4-13-26(27)31)30(38,14-7-16-33-29(36)37)24-11-6-17-34(20-24)28(35)23-10-5-15-32-19-23/h3-4,8-9,12-13,18,23-24,32-33,38H,2,5-7,10-11,14-17,19-20H2,1H3,(H,36,37)/t23-,24-,30+/m1/s1. The van der Waals surface area contributed by atoms with Crippen molar-refractivity contribution in [3.8, 4) is 11.1 Å². The van der Waals surface area contributed by atoms with Gasteiger partial charge in [0.2, 0.25) is 5.91 Å². The molecule has 0 bridgehead atoms. The van der Waals surface area contributed by atoms with Gasteiger partial charge >= 0.3 is 6.09 Å². The molecule has 2 aromatic rings. The summed E-state index contributed by atoms with van der Waals surface area (Å²) in [6, 6.07) is 12.5. The molecular weight excluding hydrogens is 485 g/mol. The number of nitrogens with zero attached hydrogens (tertiary/aromatic N) is 1. The van der Waals surface area contributed by atoms with Crippen molar-refractivity contribution in [3.63, 3.8) is 0 Å². The van der Waals surface area contributed by atoms with E-state index in [9.17, 15) is 14.7 Å². The molecule has 4 rings (SSSR count). The highest BCUT2D eigenvalue weighted by Gasteiger charge is 2.43. The summed E-state index contributed by atoms with van der Waals surface area (Å²) < 4.78 is 15.5. The second-order valence-corrected chi connectivity index (χ2v) is 10.6. The summed E-state index contributed by atoms with van der Waals surface area (Å²) in [4.78, 5) is 26.3. The zero-order chi connectivity index (χ0) is 27.1. The molecule has 2 aliphatic rings. The van der Waals surface area contributed by atoms with Gasteiger partial charge in [0.1, 0.15) is 5.82 Å². The molecular formula is C30H40FN3O4. The van der Waals surface area contributed by atoms with E-state index in [1.807, 2.05) is 36.1 Å². The van der Waals surface area contributed by atoms with Gasteiger partial charge in [-0.2, -0.15) is 0 Å². The Morgan fingerprint density at radius 1 is 1.18 bits per heavy atom. The maximum Gasteiger partial charge on any atom is 0.404 e. The first-order chi connectivity index (χ1) is 18.3. The number of aliphatic hydroxyl groups is 1. The van der Waals surface area contributed by atoms with E-state index in [1.54, 1.807) is 12.1 Å². The van der Waals surface area contributed by atoms with E-state index in [0.717, 1.165) is 37.8 Å². The van der Waals surface area contributed by atoms with Crippen molar-refractivity contribution in [1.29, 1.82) is 0 Å². The number of piperidine rings is 2. The van der Waals surface area contributed by atoms with Crippen LogP contribution >= 0.6 is 0 Å². The zero-order valence-electron chi connectivity index (χ0n) is 22.2. The Kier molecular flexibility index (Phi) is 9.39. The van der Waals surface area contributed by atoms with Crippen LogP contribution in [0.25, 0.3) is 11.1 Å². The van der Waals surface area contributed by atoms with Crippen molar-refractivity contribution in [3.05, 3.63) is 59.4 Å². The average Bonchev–Trinajstić information content (AvgIpc) is 2.95. The topological polar surface area (TPSA) is 102 Å². The summed E-state index contributed by atoms with van der Waals surface area (Å²) in [7, 11) is 0. The molecule has 2 fully saturated rings. The first-order valence-electron chi connectivity index (χ1n) is 13.9. The lowest BCUT2D eigenvalue weighted by molar-refractivity contribution is -0.141. The number of carbonyl (C=O) groups is 2. The van der Waals surface area contributed by atoms with E-state index in [1.165, 1.54) is 6.07 Å². The highest BCUT2D eigenvalue weighted by Crippen LogP contribution is 2.44. The summed E-state index contributed by atoms with van der Waals surface area (Å²) in [6.07, 6.45) is 3.59. The highest BCUT2D eigenvalue weighted by molar-refractivity contribution is 5.79. The third-order valence-corrected chi connectivity index (χ3v) is 8.17. The number of likely N-dealkylation sites (tertiary alicyclic amines) is 1. The van der Waals surface area contributed by atoms with Crippen molar-refractivity contribution >= 4 is 12.0 Å². The molecule has 0 spiro atoms. The number of benzene rings is 2. The Balaban J connectivity index is 1.70. The van der Waals surface area contributed by atoms with Crippen LogP contribution < -0.4 is 10.6 Å². The van der Waals surface area contributed by atoms with Crippen molar-refractivity contribution in [2.24, 2.45) is 11.8 Å². The molecule has 7 nitrogen and oxygen atoms in total. The van der Waals surface area contributed by atoms with Crippen LogP contribution in [-0.4, -0.2) is 59.8 Å². The molecule has 2 heterocycles. The number of nitrogens with one attached hydrogen (secondary N) is 2. The van der Waals surface area contributed by atoms with Gasteiger partial charge in [-0.05, 0) is 74.2 Å². The molecule has 2 aromatic carbocycles.